The number of hydrogen-bond acceptors (Lipinski definition) is 3. The van der Waals surface area contributed by atoms with Crippen LogP contribution in [-0.4, -0.2) is 19.3 Å². The molecule has 0 amide bonds. The molecule has 0 unspecified atom stereocenters. The maximum Gasteiger partial charge on any atom is 0.103 e. The summed E-state index contributed by atoms with van der Waals surface area (Å²) in [4.78, 5) is 3.25. The van der Waals surface area contributed by atoms with E-state index in [9.17, 15) is 5.26 Å². The van der Waals surface area contributed by atoms with Crippen LogP contribution in [0.3, 0.4) is 0 Å². The molecule has 0 aromatic heterocycles. The Morgan fingerprint density at radius 1 is 1.10 bits per heavy atom. The van der Waals surface area contributed by atoms with Gasteiger partial charge < -0.3 is 4.90 Å². The van der Waals surface area contributed by atoms with E-state index in [-0.39, 0.29) is 0 Å². The molecule has 0 bridgehead atoms. The van der Waals surface area contributed by atoms with Crippen LogP contribution < -0.4 is 4.90 Å². The fourth-order valence-corrected chi connectivity index (χ4v) is 3.07. The van der Waals surface area contributed by atoms with Gasteiger partial charge in [-0.25, -0.2) is 0 Å². The van der Waals surface area contributed by atoms with Gasteiger partial charge in [0.2, 0.25) is 0 Å². The number of rotatable bonds is 6. The van der Waals surface area contributed by atoms with E-state index in [1.165, 1.54) is 5.56 Å². The Hall–Kier alpha value is -1.92. The van der Waals surface area contributed by atoms with E-state index in [2.05, 4.69) is 49.2 Å². The van der Waals surface area contributed by atoms with E-state index in [4.69, 9.17) is 0 Å². The molecular formula is C18H20N2S. The predicted molar refractivity (Wildman–Crippen MR) is 91.0 cm³/mol. The summed E-state index contributed by atoms with van der Waals surface area (Å²) in [6, 6.07) is 18.9. The average molecular weight is 296 g/mol. The highest BCUT2D eigenvalue weighted by Crippen LogP contribution is 2.29. The molecule has 108 valence electrons. The number of anilines is 1. The molecule has 2 aromatic carbocycles. The second kappa shape index (κ2) is 7.75. The molecule has 0 heterocycles. The van der Waals surface area contributed by atoms with E-state index in [0.29, 0.717) is 0 Å². The number of hydrogen-bond donors (Lipinski definition) is 0. The predicted octanol–water partition coefficient (Wildman–Crippen LogP) is 4.35. The molecule has 0 fully saturated rings. The number of benzene rings is 2. The fourth-order valence-electron chi connectivity index (χ4n) is 2.29. The van der Waals surface area contributed by atoms with E-state index in [1.54, 1.807) is 11.8 Å². The van der Waals surface area contributed by atoms with E-state index in [0.717, 1.165) is 34.9 Å². The second-order valence-electron chi connectivity index (χ2n) is 4.85. The maximum absolute atomic E-state index is 9.47. The van der Waals surface area contributed by atoms with E-state index in [1.807, 2.05) is 24.3 Å². The molecular weight excluding hydrogens is 276 g/mol. The normalized spacial score (nSPS) is 10.1. The monoisotopic (exact) mass is 296 g/mol. The molecule has 0 aliphatic rings. The van der Waals surface area contributed by atoms with Crippen molar-refractivity contribution in [1.29, 1.82) is 5.26 Å². The number of thioether (sulfide) groups is 1. The van der Waals surface area contributed by atoms with Gasteiger partial charge >= 0.3 is 0 Å². The van der Waals surface area contributed by atoms with Crippen molar-refractivity contribution in [2.75, 3.05) is 24.2 Å². The lowest BCUT2D eigenvalue weighted by Gasteiger charge is -2.21. The van der Waals surface area contributed by atoms with Crippen molar-refractivity contribution in [2.24, 2.45) is 0 Å². The van der Waals surface area contributed by atoms with Gasteiger partial charge in [0.05, 0.1) is 11.3 Å². The van der Waals surface area contributed by atoms with Gasteiger partial charge in [0.1, 0.15) is 6.07 Å². The lowest BCUT2D eigenvalue weighted by Crippen LogP contribution is -2.21. The van der Waals surface area contributed by atoms with Crippen molar-refractivity contribution in [3.8, 4) is 6.07 Å². The van der Waals surface area contributed by atoms with Crippen molar-refractivity contribution >= 4 is 17.4 Å². The molecule has 0 radical (unpaired) electrons. The Bertz CT molecular complexity index is 617. The number of nitriles is 1. The SMILES string of the molecule is CCSc1cccc(N(C)CCc2ccccc2)c1C#N. The van der Waals surface area contributed by atoms with Crippen molar-refractivity contribution < 1.29 is 0 Å². The first-order valence-electron chi connectivity index (χ1n) is 7.17. The summed E-state index contributed by atoms with van der Waals surface area (Å²) in [5, 5.41) is 9.47. The van der Waals surface area contributed by atoms with Crippen molar-refractivity contribution in [3.63, 3.8) is 0 Å². The topological polar surface area (TPSA) is 27.0 Å². The lowest BCUT2D eigenvalue weighted by molar-refractivity contribution is 0.873. The molecule has 3 heteroatoms. The van der Waals surface area contributed by atoms with Crippen molar-refractivity contribution in [2.45, 2.75) is 18.2 Å². The smallest absolute Gasteiger partial charge is 0.103 e. The van der Waals surface area contributed by atoms with Gasteiger partial charge in [0.25, 0.3) is 0 Å². The van der Waals surface area contributed by atoms with Gasteiger partial charge in [-0.15, -0.1) is 11.8 Å². The second-order valence-corrected chi connectivity index (χ2v) is 6.16. The van der Waals surface area contributed by atoms with E-state index >= 15 is 0 Å². The van der Waals surface area contributed by atoms with Gasteiger partial charge in [-0.2, -0.15) is 5.26 Å². The molecule has 0 aliphatic heterocycles. The molecule has 2 rings (SSSR count). The quantitative estimate of drug-likeness (QED) is 0.742. The zero-order valence-corrected chi connectivity index (χ0v) is 13.4. The van der Waals surface area contributed by atoms with Crippen LogP contribution in [0.5, 0.6) is 0 Å². The van der Waals surface area contributed by atoms with Gasteiger partial charge in [-0.1, -0.05) is 43.3 Å². The summed E-state index contributed by atoms with van der Waals surface area (Å²) in [5.74, 6) is 0.978. The third kappa shape index (κ3) is 4.03. The zero-order valence-electron chi connectivity index (χ0n) is 12.5. The first kappa shape index (κ1) is 15.5. The van der Waals surface area contributed by atoms with Crippen molar-refractivity contribution in [3.05, 3.63) is 59.7 Å². The summed E-state index contributed by atoms with van der Waals surface area (Å²) < 4.78 is 0. The molecule has 0 aliphatic carbocycles. The van der Waals surface area contributed by atoms with Crippen LogP contribution in [0.4, 0.5) is 5.69 Å². The maximum atomic E-state index is 9.47. The molecule has 0 atom stereocenters. The van der Waals surface area contributed by atoms with Crippen LogP contribution >= 0.6 is 11.8 Å². The van der Waals surface area contributed by atoms with Crippen LogP contribution in [-0.2, 0) is 6.42 Å². The third-order valence-corrected chi connectivity index (χ3v) is 4.35. The minimum absolute atomic E-state index is 0.792. The number of nitrogens with zero attached hydrogens (tertiary/aromatic N) is 2. The summed E-state index contributed by atoms with van der Waals surface area (Å²) in [5.41, 5.74) is 3.13. The highest BCUT2D eigenvalue weighted by Gasteiger charge is 2.11. The minimum Gasteiger partial charge on any atom is -0.373 e. The summed E-state index contributed by atoms with van der Waals surface area (Å²) in [7, 11) is 2.06. The first-order chi connectivity index (χ1) is 10.3. The molecule has 2 nitrogen and oxygen atoms in total. The van der Waals surface area contributed by atoms with Crippen LogP contribution in [0.2, 0.25) is 0 Å². The van der Waals surface area contributed by atoms with Gasteiger partial charge in [0.15, 0.2) is 0 Å². The molecule has 0 N–H and O–H groups in total. The molecule has 21 heavy (non-hydrogen) atoms. The van der Waals surface area contributed by atoms with Crippen molar-refractivity contribution in [1.82, 2.24) is 0 Å². The summed E-state index contributed by atoms with van der Waals surface area (Å²) in [6.45, 7) is 3.01. The van der Waals surface area contributed by atoms with Crippen LogP contribution in [0.1, 0.15) is 18.1 Å². The van der Waals surface area contributed by atoms with Crippen LogP contribution in [0.15, 0.2) is 53.4 Å². The Kier molecular flexibility index (Phi) is 5.71. The molecule has 0 spiro atoms. The summed E-state index contributed by atoms with van der Waals surface area (Å²) >= 11 is 1.72. The van der Waals surface area contributed by atoms with Gasteiger partial charge in [-0.3, -0.25) is 0 Å². The fraction of sp³-hybridized carbons (Fsp3) is 0.278. The largest absolute Gasteiger partial charge is 0.373 e. The van der Waals surface area contributed by atoms with Gasteiger partial charge in [0, 0.05) is 18.5 Å². The molecule has 2 aromatic rings. The Morgan fingerprint density at radius 2 is 1.86 bits per heavy atom. The molecule has 0 saturated carbocycles. The summed E-state index contributed by atoms with van der Waals surface area (Å²) in [6.07, 6.45) is 0.980. The van der Waals surface area contributed by atoms with Gasteiger partial charge in [-0.05, 0) is 29.9 Å². The average Bonchev–Trinajstić information content (AvgIpc) is 2.53. The standard InChI is InChI=1S/C18H20N2S/c1-3-21-18-11-7-10-17(16(18)14-19)20(2)13-12-15-8-5-4-6-9-15/h4-11H,3,12-13H2,1-2H3. The number of likely N-dealkylation sites (N-methyl/N-ethyl adjacent to an activating group) is 1. The Labute approximate surface area is 131 Å². The third-order valence-electron chi connectivity index (χ3n) is 3.41. The molecule has 0 saturated heterocycles. The highest BCUT2D eigenvalue weighted by molar-refractivity contribution is 7.99. The zero-order chi connectivity index (χ0) is 15.1. The first-order valence-corrected chi connectivity index (χ1v) is 8.15. The van der Waals surface area contributed by atoms with Crippen LogP contribution in [0, 0.1) is 11.3 Å². The Balaban J connectivity index is 2.13. The highest BCUT2D eigenvalue weighted by atomic mass is 32.2. The van der Waals surface area contributed by atoms with Crippen LogP contribution in [0.25, 0.3) is 0 Å². The lowest BCUT2D eigenvalue weighted by atomic mass is 10.1. The van der Waals surface area contributed by atoms with E-state index < -0.39 is 0 Å². The Morgan fingerprint density at radius 3 is 2.52 bits per heavy atom. The minimum atomic E-state index is 0.792.